The van der Waals surface area contributed by atoms with Crippen LogP contribution in [0.4, 0.5) is 4.79 Å². The first kappa shape index (κ1) is 24.1. The minimum Gasteiger partial charge on any atom is -0.444 e. The molecule has 25 heavy (non-hydrogen) atoms. The first-order valence-electron chi connectivity index (χ1n) is 8.89. The number of hydrogen-bond donors (Lipinski definition) is 1. The van der Waals surface area contributed by atoms with Gasteiger partial charge in [-0.2, -0.15) is 0 Å². The molecule has 0 saturated carbocycles. The number of carbonyl (C=O) groups is 1. The molecule has 0 aromatic heterocycles. The number of hydrogen-bond acceptors (Lipinski definition) is 7. The van der Waals surface area contributed by atoms with E-state index in [2.05, 4.69) is 0 Å². The van der Waals surface area contributed by atoms with Crippen molar-refractivity contribution < 1.29 is 28.5 Å². The van der Waals surface area contributed by atoms with E-state index in [1.165, 1.54) is 0 Å². The lowest BCUT2D eigenvalue weighted by molar-refractivity contribution is -0.00625. The molecule has 0 fully saturated rings. The van der Waals surface area contributed by atoms with Gasteiger partial charge in [-0.05, 0) is 27.7 Å². The molecule has 0 spiro atoms. The molecule has 0 atom stereocenters. The summed E-state index contributed by atoms with van der Waals surface area (Å²) in [5, 5.41) is 0. The first-order chi connectivity index (χ1) is 11.9. The van der Waals surface area contributed by atoms with Crippen LogP contribution in [0.3, 0.4) is 0 Å². The zero-order valence-electron chi connectivity index (χ0n) is 16.3. The van der Waals surface area contributed by atoms with Crippen molar-refractivity contribution in [3.05, 3.63) is 0 Å². The molecule has 0 aromatic rings. The molecule has 0 rings (SSSR count). The van der Waals surface area contributed by atoms with Gasteiger partial charge in [0, 0.05) is 19.6 Å². The summed E-state index contributed by atoms with van der Waals surface area (Å²) >= 11 is 0. The van der Waals surface area contributed by atoms with Crippen molar-refractivity contribution in [3.63, 3.8) is 0 Å². The van der Waals surface area contributed by atoms with Crippen LogP contribution in [0.15, 0.2) is 0 Å². The van der Waals surface area contributed by atoms with Crippen LogP contribution in [-0.2, 0) is 23.7 Å². The molecule has 0 aromatic carbocycles. The van der Waals surface area contributed by atoms with E-state index in [1.807, 2.05) is 27.7 Å². The van der Waals surface area contributed by atoms with Crippen LogP contribution in [0.2, 0.25) is 0 Å². The topological polar surface area (TPSA) is 92.5 Å². The Labute approximate surface area is 151 Å². The smallest absolute Gasteiger partial charge is 0.410 e. The monoisotopic (exact) mass is 364 g/mol. The average Bonchev–Trinajstić information content (AvgIpc) is 2.53. The maximum absolute atomic E-state index is 11.9. The highest BCUT2D eigenvalue weighted by Crippen LogP contribution is 2.09. The van der Waals surface area contributed by atoms with Crippen LogP contribution in [0, 0.1) is 0 Å². The first-order valence-corrected chi connectivity index (χ1v) is 8.89. The third-order valence-corrected chi connectivity index (χ3v) is 2.92. The molecule has 0 aliphatic rings. The van der Waals surface area contributed by atoms with Crippen molar-refractivity contribution in [1.82, 2.24) is 4.90 Å². The van der Waals surface area contributed by atoms with Gasteiger partial charge >= 0.3 is 6.09 Å². The maximum Gasteiger partial charge on any atom is 0.410 e. The Morgan fingerprint density at radius 3 is 1.68 bits per heavy atom. The Morgan fingerprint density at radius 2 is 1.28 bits per heavy atom. The lowest BCUT2D eigenvalue weighted by atomic mass is 10.2. The molecule has 8 nitrogen and oxygen atoms in total. The normalized spacial score (nSPS) is 11.6. The summed E-state index contributed by atoms with van der Waals surface area (Å²) in [6.07, 6.45) is -0.317. The van der Waals surface area contributed by atoms with Crippen LogP contribution < -0.4 is 5.73 Å². The second-order valence-electron chi connectivity index (χ2n) is 6.30. The molecule has 0 bridgehead atoms. The summed E-state index contributed by atoms with van der Waals surface area (Å²) in [7, 11) is 0. The third-order valence-electron chi connectivity index (χ3n) is 2.92. The van der Waals surface area contributed by atoms with Crippen molar-refractivity contribution in [2.24, 2.45) is 5.73 Å². The van der Waals surface area contributed by atoms with Crippen LogP contribution >= 0.6 is 0 Å². The lowest BCUT2D eigenvalue weighted by Crippen LogP contribution is -2.38. The molecular weight excluding hydrogens is 328 g/mol. The van der Waals surface area contributed by atoms with Gasteiger partial charge in [0.05, 0.1) is 52.9 Å². The fourth-order valence-corrected chi connectivity index (χ4v) is 1.72. The summed E-state index contributed by atoms with van der Waals surface area (Å²) in [5.41, 5.74) is 4.81. The number of rotatable bonds is 15. The number of nitrogens with zero attached hydrogens (tertiary/aromatic N) is 1. The van der Waals surface area contributed by atoms with Crippen LogP contribution in [-0.4, -0.2) is 89.1 Å². The van der Waals surface area contributed by atoms with Gasteiger partial charge in [0.15, 0.2) is 0 Å². The van der Waals surface area contributed by atoms with E-state index in [9.17, 15) is 4.79 Å². The van der Waals surface area contributed by atoms with E-state index in [1.54, 1.807) is 4.90 Å². The van der Waals surface area contributed by atoms with Gasteiger partial charge in [-0.25, -0.2) is 4.79 Å². The molecule has 0 aliphatic carbocycles. The van der Waals surface area contributed by atoms with E-state index in [0.717, 1.165) is 0 Å². The van der Waals surface area contributed by atoms with Gasteiger partial charge in [-0.3, -0.25) is 0 Å². The van der Waals surface area contributed by atoms with Crippen molar-refractivity contribution in [3.8, 4) is 0 Å². The molecule has 0 heterocycles. The van der Waals surface area contributed by atoms with Crippen LogP contribution in [0.5, 0.6) is 0 Å². The van der Waals surface area contributed by atoms with Gasteiger partial charge in [-0.15, -0.1) is 0 Å². The molecule has 2 N–H and O–H groups in total. The largest absolute Gasteiger partial charge is 0.444 e. The van der Waals surface area contributed by atoms with Crippen molar-refractivity contribution >= 4 is 6.09 Å². The van der Waals surface area contributed by atoms with E-state index >= 15 is 0 Å². The molecule has 1 amide bonds. The minimum atomic E-state index is -0.488. The van der Waals surface area contributed by atoms with E-state index in [0.29, 0.717) is 72.5 Å². The Bertz CT molecular complexity index is 323. The molecule has 0 radical (unpaired) electrons. The van der Waals surface area contributed by atoms with Crippen molar-refractivity contribution in [1.29, 1.82) is 0 Å². The molecule has 150 valence electrons. The highest BCUT2D eigenvalue weighted by atomic mass is 16.6. The number of likely N-dealkylation sites (N-methyl/N-ethyl adjacent to an activating group) is 1. The summed E-state index contributed by atoms with van der Waals surface area (Å²) in [4.78, 5) is 13.6. The second-order valence-corrected chi connectivity index (χ2v) is 6.30. The fourth-order valence-electron chi connectivity index (χ4n) is 1.72. The summed E-state index contributed by atoms with van der Waals surface area (Å²) in [6.45, 7) is 13.2. The Morgan fingerprint density at radius 1 is 0.840 bits per heavy atom. The standard InChI is InChI=1S/C17H36N2O6/c1-5-19(16(20)25-17(2,3)4)7-9-22-11-13-24-15-14-23-12-10-21-8-6-18/h5-15,18H2,1-4H3. The zero-order valence-corrected chi connectivity index (χ0v) is 16.3. The molecule has 8 heteroatoms. The predicted molar refractivity (Wildman–Crippen MR) is 95.8 cm³/mol. The van der Waals surface area contributed by atoms with Crippen LogP contribution in [0.25, 0.3) is 0 Å². The molecule has 0 unspecified atom stereocenters. The number of ether oxygens (including phenoxy) is 5. The zero-order chi connectivity index (χ0) is 19.0. The van der Waals surface area contributed by atoms with Gasteiger partial charge in [0.2, 0.25) is 0 Å². The van der Waals surface area contributed by atoms with Crippen LogP contribution in [0.1, 0.15) is 27.7 Å². The van der Waals surface area contributed by atoms with E-state index in [-0.39, 0.29) is 6.09 Å². The second kappa shape index (κ2) is 15.3. The SMILES string of the molecule is CCN(CCOCCOCCOCCOCCN)C(=O)OC(C)(C)C. The predicted octanol–water partition coefficient (Wildman–Crippen LogP) is 1.27. The van der Waals surface area contributed by atoms with Gasteiger partial charge in [-0.1, -0.05) is 0 Å². The minimum absolute atomic E-state index is 0.317. The van der Waals surface area contributed by atoms with Gasteiger partial charge in [0.1, 0.15) is 5.60 Å². The van der Waals surface area contributed by atoms with E-state index < -0.39 is 5.60 Å². The fraction of sp³-hybridized carbons (Fsp3) is 0.941. The molecule has 0 aliphatic heterocycles. The highest BCUT2D eigenvalue weighted by molar-refractivity contribution is 5.68. The maximum atomic E-state index is 11.9. The van der Waals surface area contributed by atoms with Crippen molar-refractivity contribution in [2.45, 2.75) is 33.3 Å². The number of carbonyl (C=O) groups excluding carboxylic acids is 1. The quantitative estimate of drug-likeness (QED) is 0.437. The Balaban J connectivity index is 3.46. The molecular formula is C17H36N2O6. The number of amides is 1. The summed E-state index contributed by atoms with van der Waals surface area (Å²) < 4.78 is 26.7. The van der Waals surface area contributed by atoms with E-state index in [4.69, 9.17) is 29.4 Å². The summed E-state index contributed by atoms with van der Waals surface area (Å²) in [6, 6.07) is 0. The van der Waals surface area contributed by atoms with Crippen molar-refractivity contribution in [2.75, 3.05) is 72.5 Å². The van der Waals surface area contributed by atoms with Gasteiger partial charge < -0.3 is 34.3 Å². The molecule has 0 saturated heterocycles. The Hall–Kier alpha value is -0.930. The Kier molecular flexibility index (Phi) is 14.8. The summed E-state index contributed by atoms with van der Waals surface area (Å²) in [5.74, 6) is 0. The average molecular weight is 364 g/mol. The number of nitrogens with two attached hydrogens (primary N) is 1. The lowest BCUT2D eigenvalue weighted by Gasteiger charge is -2.26. The van der Waals surface area contributed by atoms with Gasteiger partial charge in [0.25, 0.3) is 0 Å². The highest BCUT2D eigenvalue weighted by Gasteiger charge is 2.20. The third kappa shape index (κ3) is 16.3.